The molecule has 1 saturated heterocycles. The predicted octanol–water partition coefficient (Wildman–Crippen LogP) is 3.31. The third kappa shape index (κ3) is 4.51. The molecule has 35 heavy (non-hydrogen) atoms. The number of imidazole rings is 1. The van der Waals surface area contributed by atoms with E-state index in [1.54, 1.807) is 18.5 Å². The van der Waals surface area contributed by atoms with E-state index in [0.29, 0.717) is 24.5 Å². The Kier molecular flexibility index (Phi) is 6.25. The monoisotopic (exact) mass is 492 g/mol. The van der Waals surface area contributed by atoms with Gasteiger partial charge in [0, 0.05) is 24.3 Å². The maximum Gasteiger partial charge on any atom is 0.255 e. The molecule has 180 valence electrons. The minimum Gasteiger partial charge on any atom is -0.495 e. The van der Waals surface area contributed by atoms with Gasteiger partial charge < -0.3 is 14.8 Å². The van der Waals surface area contributed by atoms with Gasteiger partial charge in [0.2, 0.25) is 10.0 Å². The number of carbonyl (C=O) groups excluding carboxylic acids is 1. The second kappa shape index (κ2) is 9.49. The standard InChI is InChI=1S/C25H24N4O5S/c1-33-24-11-10-20(35(31,32)28-12-14-34-15-13-28)16-22(24)27-25(30)18-6-8-19(9-7-18)29-17-26-21-4-2-3-5-23(21)29/h2-11,16-17H,12-15H2,1H3,(H,27,30). The van der Waals surface area contributed by atoms with Crippen molar-refractivity contribution in [3.8, 4) is 11.4 Å². The van der Waals surface area contributed by atoms with Crippen molar-refractivity contribution in [1.82, 2.24) is 13.9 Å². The minimum absolute atomic E-state index is 0.0813. The van der Waals surface area contributed by atoms with Gasteiger partial charge in [-0.2, -0.15) is 4.31 Å². The topological polar surface area (TPSA) is 103 Å². The molecule has 0 saturated carbocycles. The van der Waals surface area contributed by atoms with Crippen LogP contribution in [0.2, 0.25) is 0 Å². The molecule has 9 nitrogen and oxygen atoms in total. The van der Waals surface area contributed by atoms with Crippen molar-refractivity contribution < 1.29 is 22.7 Å². The number of rotatable bonds is 6. The molecule has 1 N–H and O–H groups in total. The molecule has 0 radical (unpaired) electrons. The first-order valence-corrected chi connectivity index (χ1v) is 12.5. The number of methoxy groups -OCH3 is 1. The molecule has 5 rings (SSSR count). The number of benzene rings is 3. The van der Waals surface area contributed by atoms with Crippen molar-refractivity contribution in [2.24, 2.45) is 0 Å². The van der Waals surface area contributed by atoms with Crippen molar-refractivity contribution in [3.63, 3.8) is 0 Å². The SMILES string of the molecule is COc1ccc(S(=O)(=O)N2CCOCC2)cc1NC(=O)c1ccc(-n2cnc3ccccc32)cc1. The molecule has 10 heteroatoms. The molecule has 0 spiro atoms. The summed E-state index contributed by atoms with van der Waals surface area (Å²) in [5.74, 6) is -0.0213. The van der Waals surface area contributed by atoms with Gasteiger partial charge in [0.15, 0.2) is 0 Å². The van der Waals surface area contributed by atoms with Crippen LogP contribution < -0.4 is 10.1 Å². The van der Waals surface area contributed by atoms with Crippen LogP contribution in [0.4, 0.5) is 5.69 Å². The highest BCUT2D eigenvalue weighted by atomic mass is 32.2. The zero-order valence-corrected chi connectivity index (χ0v) is 19.9. The number of para-hydroxylation sites is 2. The third-order valence-corrected chi connectivity index (χ3v) is 7.78. The predicted molar refractivity (Wildman–Crippen MR) is 132 cm³/mol. The normalized spacial score (nSPS) is 14.7. The first-order chi connectivity index (χ1) is 17.0. The van der Waals surface area contributed by atoms with Crippen LogP contribution in [0.15, 0.2) is 78.0 Å². The maximum atomic E-state index is 13.0. The molecule has 2 heterocycles. The second-order valence-corrected chi connectivity index (χ2v) is 9.92. The van der Waals surface area contributed by atoms with E-state index in [4.69, 9.17) is 9.47 Å². The van der Waals surface area contributed by atoms with Crippen molar-refractivity contribution in [2.45, 2.75) is 4.90 Å². The Labute approximate surface area is 203 Å². The Bertz CT molecular complexity index is 1480. The largest absolute Gasteiger partial charge is 0.495 e. The van der Waals surface area contributed by atoms with E-state index in [-0.39, 0.29) is 29.6 Å². The van der Waals surface area contributed by atoms with Gasteiger partial charge in [-0.15, -0.1) is 0 Å². The summed E-state index contributed by atoms with van der Waals surface area (Å²) in [6, 6.07) is 19.3. The van der Waals surface area contributed by atoms with E-state index in [0.717, 1.165) is 16.7 Å². The average molecular weight is 493 g/mol. The van der Waals surface area contributed by atoms with E-state index in [9.17, 15) is 13.2 Å². The fourth-order valence-corrected chi connectivity index (χ4v) is 5.45. The molecule has 1 aromatic heterocycles. The van der Waals surface area contributed by atoms with Gasteiger partial charge in [-0.25, -0.2) is 13.4 Å². The van der Waals surface area contributed by atoms with Crippen LogP contribution in [0.3, 0.4) is 0 Å². The summed E-state index contributed by atoms with van der Waals surface area (Å²) in [5, 5.41) is 2.79. The molecule has 1 fully saturated rings. The Hall–Kier alpha value is -3.73. The first kappa shape index (κ1) is 23.0. The zero-order valence-electron chi connectivity index (χ0n) is 19.0. The van der Waals surface area contributed by atoms with Crippen molar-refractivity contribution >= 4 is 32.7 Å². The quantitative estimate of drug-likeness (QED) is 0.443. The number of fused-ring (bicyclic) bond motifs is 1. The summed E-state index contributed by atoms with van der Waals surface area (Å²) in [6.45, 7) is 1.27. The highest BCUT2D eigenvalue weighted by Gasteiger charge is 2.27. The number of nitrogens with one attached hydrogen (secondary N) is 1. The van der Waals surface area contributed by atoms with Crippen LogP contribution in [0, 0.1) is 0 Å². The van der Waals surface area contributed by atoms with Crippen LogP contribution in [-0.4, -0.2) is 61.6 Å². The number of anilines is 1. The molecule has 3 aromatic carbocycles. The summed E-state index contributed by atoms with van der Waals surface area (Å²) in [5.41, 5.74) is 3.41. The summed E-state index contributed by atoms with van der Waals surface area (Å²) >= 11 is 0. The molecule has 0 bridgehead atoms. The summed E-state index contributed by atoms with van der Waals surface area (Å²) < 4.78 is 40.0. The lowest BCUT2D eigenvalue weighted by Gasteiger charge is -2.26. The molecular formula is C25H24N4O5S. The zero-order chi connectivity index (χ0) is 24.4. The summed E-state index contributed by atoms with van der Waals surface area (Å²) in [6.07, 6.45) is 1.74. The number of hydrogen-bond acceptors (Lipinski definition) is 6. The van der Waals surface area contributed by atoms with Crippen LogP contribution >= 0.6 is 0 Å². The number of sulfonamides is 1. The summed E-state index contributed by atoms with van der Waals surface area (Å²) in [4.78, 5) is 17.5. The molecule has 0 unspecified atom stereocenters. The van der Waals surface area contributed by atoms with Gasteiger partial charge in [0.1, 0.15) is 12.1 Å². The molecule has 0 aliphatic carbocycles. The maximum absolute atomic E-state index is 13.0. The first-order valence-electron chi connectivity index (χ1n) is 11.1. The smallest absolute Gasteiger partial charge is 0.255 e. The van der Waals surface area contributed by atoms with Gasteiger partial charge in [-0.3, -0.25) is 9.36 Å². The van der Waals surface area contributed by atoms with Gasteiger partial charge in [-0.1, -0.05) is 12.1 Å². The molecule has 1 aliphatic heterocycles. The lowest BCUT2D eigenvalue weighted by Crippen LogP contribution is -2.40. The Morgan fingerprint density at radius 3 is 2.51 bits per heavy atom. The van der Waals surface area contributed by atoms with Crippen LogP contribution in [0.1, 0.15) is 10.4 Å². The number of ether oxygens (including phenoxy) is 2. The van der Waals surface area contributed by atoms with Crippen LogP contribution in [0.25, 0.3) is 16.7 Å². The van der Waals surface area contributed by atoms with Gasteiger partial charge in [0.05, 0.1) is 41.9 Å². The van der Waals surface area contributed by atoms with Crippen molar-refractivity contribution in [3.05, 3.63) is 78.6 Å². The highest BCUT2D eigenvalue weighted by molar-refractivity contribution is 7.89. The van der Waals surface area contributed by atoms with Crippen molar-refractivity contribution in [1.29, 1.82) is 0 Å². The number of carbonyl (C=O) groups is 1. The molecule has 4 aromatic rings. The lowest BCUT2D eigenvalue weighted by atomic mass is 10.1. The number of hydrogen-bond donors (Lipinski definition) is 1. The fourth-order valence-electron chi connectivity index (χ4n) is 4.01. The number of amides is 1. The van der Waals surface area contributed by atoms with E-state index in [1.165, 1.54) is 29.6 Å². The lowest BCUT2D eigenvalue weighted by molar-refractivity contribution is 0.0730. The average Bonchev–Trinajstić information content (AvgIpc) is 3.33. The number of nitrogens with zero attached hydrogens (tertiary/aromatic N) is 3. The van der Waals surface area contributed by atoms with Crippen molar-refractivity contribution in [2.75, 3.05) is 38.7 Å². The summed E-state index contributed by atoms with van der Waals surface area (Å²) in [7, 11) is -2.26. The Morgan fingerprint density at radius 1 is 1.03 bits per heavy atom. The second-order valence-electron chi connectivity index (χ2n) is 7.98. The molecule has 1 amide bonds. The third-order valence-electron chi connectivity index (χ3n) is 5.89. The van der Waals surface area contributed by atoms with E-state index in [2.05, 4.69) is 10.3 Å². The molecular weight excluding hydrogens is 468 g/mol. The van der Waals surface area contributed by atoms with Crippen LogP contribution in [0.5, 0.6) is 5.75 Å². The fraction of sp³-hybridized carbons (Fsp3) is 0.200. The Balaban J connectivity index is 1.38. The minimum atomic E-state index is -3.72. The molecule has 1 aliphatic rings. The number of morpholine rings is 1. The van der Waals surface area contributed by atoms with Gasteiger partial charge in [0.25, 0.3) is 5.91 Å². The van der Waals surface area contributed by atoms with Crippen LogP contribution in [-0.2, 0) is 14.8 Å². The van der Waals surface area contributed by atoms with E-state index < -0.39 is 10.0 Å². The van der Waals surface area contributed by atoms with E-state index in [1.807, 2.05) is 41.0 Å². The van der Waals surface area contributed by atoms with Gasteiger partial charge in [-0.05, 0) is 54.6 Å². The molecule has 0 atom stereocenters. The Morgan fingerprint density at radius 2 is 1.77 bits per heavy atom. The van der Waals surface area contributed by atoms with E-state index >= 15 is 0 Å². The van der Waals surface area contributed by atoms with Gasteiger partial charge >= 0.3 is 0 Å². The number of aromatic nitrogens is 2. The highest BCUT2D eigenvalue weighted by Crippen LogP contribution is 2.30.